The minimum Gasteiger partial charge on any atom is -0.298 e. The standard InChI is InChI=1S/C22H17Cl2F3N2O3S/c23-17-3-6-19(7-4-17)33(31,32)29(14-18(30)5-1-15-9-11-28-12-10-15)21-13-16(22(25,26)27)2-8-20(21)24/h2-4,6-13H,1,5,14H2. The molecule has 33 heavy (non-hydrogen) atoms. The fourth-order valence-electron chi connectivity index (χ4n) is 2.99. The van der Waals surface area contributed by atoms with Crippen molar-refractivity contribution < 1.29 is 26.4 Å². The molecule has 0 radical (unpaired) electrons. The van der Waals surface area contributed by atoms with Gasteiger partial charge in [0.2, 0.25) is 0 Å². The van der Waals surface area contributed by atoms with Crippen molar-refractivity contribution >= 4 is 44.7 Å². The number of ketones is 1. The highest BCUT2D eigenvalue weighted by Crippen LogP contribution is 2.37. The number of halogens is 5. The maximum absolute atomic E-state index is 13.3. The molecule has 3 aromatic rings. The highest BCUT2D eigenvalue weighted by Gasteiger charge is 2.34. The van der Waals surface area contributed by atoms with E-state index < -0.39 is 39.8 Å². The smallest absolute Gasteiger partial charge is 0.298 e. The molecule has 0 spiro atoms. The number of aromatic nitrogens is 1. The van der Waals surface area contributed by atoms with Gasteiger partial charge < -0.3 is 0 Å². The molecule has 174 valence electrons. The molecule has 1 aromatic heterocycles. The SMILES string of the molecule is O=C(CCc1ccncc1)CN(c1cc(C(F)(F)F)ccc1Cl)S(=O)(=O)c1ccc(Cl)cc1. The average molecular weight is 517 g/mol. The van der Waals surface area contributed by atoms with Crippen LogP contribution in [0.15, 0.2) is 71.9 Å². The molecule has 0 bridgehead atoms. The van der Waals surface area contributed by atoms with Crippen molar-refractivity contribution in [2.24, 2.45) is 0 Å². The Labute approximate surface area is 198 Å². The first kappa shape index (κ1) is 25.0. The first-order valence-corrected chi connectivity index (χ1v) is 11.7. The number of rotatable bonds is 8. The number of hydrogen-bond acceptors (Lipinski definition) is 4. The van der Waals surface area contributed by atoms with Gasteiger partial charge in [-0.2, -0.15) is 13.2 Å². The van der Waals surface area contributed by atoms with Crippen LogP contribution in [0.4, 0.5) is 18.9 Å². The topological polar surface area (TPSA) is 67.3 Å². The van der Waals surface area contributed by atoms with Gasteiger partial charge in [-0.15, -0.1) is 0 Å². The first-order valence-electron chi connectivity index (χ1n) is 9.54. The molecule has 0 saturated heterocycles. The van der Waals surface area contributed by atoms with Crippen LogP contribution in [-0.2, 0) is 27.4 Å². The Morgan fingerprint density at radius 2 is 1.61 bits per heavy atom. The van der Waals surface area contributed by atoms with Gasteiger partial charge in [-0.25, -0.2) is 8.42 Å². The van der Waals surface area contributed by atoms with Crippen LogP contribution in [0.2, 0.25) is 10.0 Å². The minimum absolute atomic E-state index is 0.0345. The molecular formula is C22H17Cl2F3N2O3S. The number of carbonyl (C=O) groups is 1. The van der Waals surface area contributed by atoms with Gasteiger partial charge in [0, 0.05) is 23.8 Å². The lowest BCUT2D eigenvalue weighted by atomic mass is 10.1. The molecule has 11 heteroatoms. The average Bonchev–Trinajstić information content (AvgIpc) is 2.77. The second-order valence-corrected chi connectivity index (χ2v) is 9.73. The number of carbonyl (C=O) groups excluding carboxylic acids is 1. The van der Waals surface area contributed by atoms with Crippen LogP contribution in [0.5, 0.6) is 0 Å². The summed E-state index contributed by atoms with van der Waals surface area (Å²) in [4.78, 5) is 16.4. The monoisotopic (exact) mass is 516 g/mol. The summed E-state index contributed by atoms with van der Waals surface area (Å²) in [6.45, 7) is -0.697. The molecule has 0 aliphatic rings. The molecule has 0 saturated carbocycles. The Balaban J connectivity index is 2.00. The van der Waals surface area contributed by atoms with E-state index in [0.29, 0.717) is 16.8 Å². The number of nitrogens with zero attached hydrogens (tertiary/aromatic N) is 2. The summed E-state index contributed by atoms with van der Waals surface area (Å²) in [5.41, 5.74) is -0.733. The summed E-state index contributed by atoms with van der Waals surface area (Å²) < 4.78 is 67.2. The Morgan fingerprint density at radius 3 is 2.21 bits per heavy atom. The van der Waals surface area contributed by atoms with E-state index in [9.17, 15) is 26.4 Å². The van der Waals surface area contributed by atoms with Crippen molar-refractivity contribution in [1.82, 2.24) is 4.98 Å². The molecule has 3 rings (SSSR count). The van der Waals surface area contributed by atoms with E-state index >= 15 is 0 Å². The van der Waals surface area contributed by atoms with Crippen LogP contribution in [0.25, 0.3) is 0 Å². The van der Waals surface area contributed by atoms with E-state index in [4.69, 9.17) is 23.2 Å². The summed E-state index contributed by atoms with van der Waals surface area (Å²) in [5, 5.41) is 0.0218. The third kappa shape index (κ3) is 6.25. The van der Waals surface area contributed by atoms with Crippen molar-refractivity contribution in [3.8, 4) is 0 Å². The predicted octanol–water partition coefficient (Wildman–Crippen LogP) is 5.80. The lowest BCUT2D eigenvalue weighted by Crippen LogP contribution is -2.36. The van der Waals surface area contributed by atoms with Crippen LogP contribution >= 0.6 is 23.2 Å². The Bertz CT molecular complexity index is 1240. The molecule has 0 amide bonds. The molecule has 1 heterocycles. The van der Waals surface area contributed by atoms with E-state index in [1.165, 1.54) is 24.3 Å². The number of alkyl halides is 3. The Kier molecular flexibility index (Phi) is 7.66. The summed E-state index contributed by atoms with van der Waals surface area (Å²) >= 11 is 11.9. The quantitative estimate of drug-likeness (QED) is 0.379. The predicted molar refractivity (Wildman–Crippen MR) is 120 cm³/mol. The summed E-state index contributed by atoms with van der Waals surface area (Å²) in [6, 6.07) is 10.8. The van der Waals surface area contributed by atoms with Crippen molar-refractivity contribution in [3.63, 3.8) is 0 Å². The zero-order valence-corrected chi connectivity index (χ0v) is 19.2. The lowest BCUT2D eigenvalue weighted by Gasteiger charge is -2.26. The highest BCUT2D eigenvalue weighted by atomic mass is 35.5. The number of aryl methyl sites for hydroxylation is 1. The van der Waals surface area contributed by atoms with E-state index in [2.05, 4.69) is 4.98 Å². The Hall–Kier alpha value is -2.62. The van der Waals surface area contributed by atoms with Crippen LogP contribution in [0.3, 0.4) is 0 Å². The van der Waals surface area contributed by atoms with Crippen molar-refractivity contribution in [3.05, 3.63) is 88.2 Å². The van der Waals surface area contributed by atoms with Crippen LogP contribution < -0.4 is 4.31 Å². The van der Waals surface area contributed by atoms with E-state index in [0.717, 1.165) is 17.7 Å². The van der Waals surface area contributed by atoms with Crippen molar-refractivity contribution in [2.75, 3.05) is 10.8 Å². The van der Waals surface area contributed by atoms with Crippen LogP contribution in [-0.4, -0.2) is 25.7 Å². The second kappa shape index (κ2) is 10.1. The fraction of sp³-hybridized carbons (Fsp3) is 0.182. The summed E-state index contributed by atoms with van der Waals surface area (Å²) in [5.74, 6) is -0.502. The number of pyridine rings is 1. The fourth-order valence-corrected chi connectivity index (χ4v) is 4.84. The molecule has 0 N–H and O–H groups in total. The summed E-state index contributed by atoms with van der Waals surface area (Å²) in [7, 11) is -4.44. The molecule has 0 aliphatic carbocycles. The molecule has 2 aromatic carbocycles. The maximum Gasteiger partial charge on any atom is 0.416 e. The van der Waals surface area contributed by atoms with Gasteiger partial charge in [-0.3, -0.25) is 14.1 Å². The number of anilines is 1. The van der Waals surface area contributed by atoms with Gasteiger partial charge in [0.25, 0.3) is 10.0 Å². The van der Waals surface area contributed by atoms with Crippen molar-refractivity contribution in [2.45, 2.75) is 23.9 Å². The normalized spacial score (nSPS) is 11.9. The lowest BCUT2D eigenvalue weighted by molar-refractivity contribution is -0.137. The van der Waals surface area contributed by atoms with Gasteiger partial charge in [0.15, 0.2) is 5.78 Å². The van der Waals surface area contributed by atoms with Gasteiger partial charge in [0.05, 0.1) is 27.7 Å². The molecule has 0 aliphatic heterocycles. The second-order valence-electron chi connectivity index (χ2n) is 7.02. The third-order valence-electron chi connectivity index (χ3n) is 4.71. The zero-order chi connectivity index (χ0) is 24.2. The largest absolute Gasteiger partial charge is 0.416 e. The van der Waals surface area contributed by atoms with Gasteiger partial charge >= 0.3 is 6.18 Å². The van der Waals surface area contributed by atoms with Gasteiger partial charge in [-0.1, -0.05) is 23.2 Å². The van der Waals surface area contributed by atoms with E-state index in [1.54, 1.807) is 24.5 Å². The van der Waals surface area contributed by atoms with Crippen LogP contribution in [0.1, 0.15) is 17.5 Å². The first-order chi connectivity index (χ1) is 15.5. The Morgan fingerprint density at radius 1 is 0.970 bits per heavy atom. The highest BCUT2D eigenvalue weighted by molar-refractivity contribution is 7.92. The van der Waals surface area contributed by atoms with E-state index in [1.807, 2.05) is 0 Å². The minimum atomic E-state index is -4.74. The summed E-state index contributed by atoms with van der Waals surface area (Å²) in [6.07, 6.45) is -1.35. The molecule has 0 unspecified atom stereocenters. The number of sulfonamides is 1. The zero-order valence-electron chi connectivity index (χ0n) is 16.9. The maximum atomic E-state index is 13.3. The number of hydrogen-bond donors (Lipinski definition) is 0. The van der Waals surface area contributed by atoms with Crippen LogP contribution in [0, 0.1) is 0 Å². The molecule has 5 nitrogen and oxygen atoms in total. The molecular weight excluding hydrogens is 500 g/mol. The molecule has 0 atom stereocenters. The number of Topliss-reactive ketones (excluding diaryl/α,β-unsaturated/α-hetero) is 1. The van der Waals surface area contributed by atoms with Crippen molar-refractivity contribution in [1.29, 1.82) is 0 Å². The van der Waals surface area contributed by atoms with E-state index in [-0.39, 0.29) is 21.4 Å². The van der Waals surface area contributed by atoms with Gasteiger partial charge in [-0.05, 0) is 66.6 Å². The van der Waals surface area contributed by atoms with Gasteiger partial charge in [0.1, 0.15) is 0 Å². The third-order valence-corrected chi connectivity index (χ3v) is 7.05. The number of benzene rings is 2. The molecule has 0 fully saturated rings.